The minimum Gasteiger partial charge on any atom is -0.316 e. The summed E-state index contributed by atoms with van der Waals surface area (Å²) in [4.78, 5) is 2.62. The first-order chi connectivity index (χ1) is 10.2. The molecule has 0 saturated carbocycles. The molecule has 2 rings (SSSR count). The lowest BCUT2D eigenvalue weighted by molar-refractivity contribution is 0.204. The molecule has 2 nitrogen and oxygen atoms in total. The first kappa shape index (κ1) is 16.9. The van der Waals surface area contributed by atoms with Crippen molar-refractivity contribution in [3.63, 3.8) is 0 Å². The van der Waals surface area contributed by atoms with Crippen LogP contribution >= 0.6 is 11.8 Å². The number of rotatable bonds is 7. The quantitative estimate of drug-likeness (QED) is 0.776. The summed E-state index contributed by atoms with van der Waals surface area (Å²) < 4.78 is 0. The van der Waals surface area contributed by atoms with Crippen LogP contribution in [0.5, 0.6) is 0 Å². The number of nitrogens with zero attached hydrogens (tertiary/aromatic N) is 1. The molecular weight excluding hydrogens is 276 g/mol. The zero-order valence-corrected chi connectivity index (χ0v) is 14.6. The van der Waals surface area contributed by atoms with Crippen LogP contribution in [0.2, 0.25) is 0 Å². The highest BCUT2D eigenvalue weighted by molar-refractivity contribution is 8.00. The van der Waals surface area contributed by atoms with Crippen molar-refractivity contribution in [2.45, 2.75) is 51.4 Å². The summed E-state index contributed by atoms with van der Waals surface area (Å²) in [7, 11) is 0. The lowest BCUT2D eigenvalue weighted by Crippen LogP contribution is -2.43. The first-order valence-electron chi connectivity index (χ1n) is 8.35. The fraction of sp³-hybridized carbons (Fsp3) is 0.667. The molecule has 118 valence electrons. The normalized spacial score (nSPS) is 23.4. The summed E-state index contributed by atoms with van der Waals surface area (Å²) in [6, 6.07) is 9.91. The van der Waals surface area contributed by atoms with Gasteiger partial charge in [0, 0.05) is 30.1 Å². The van der Waals surface area contributed by atoms with Crippen molar-refractivity contribution in [1.82, 2.24) is 10.2 Å². The average molecular weight is 307 g/mol. The molecule has 1 aromatic carbocycles. The maximum atomic E-state index is 3.46. The first-order valence-corrected chi connectivity index (χ1v) is 9.39. The second-order valence-corrected chi connectivity index (χ2v) is 7.59. The lowest BCUT2D eigenvalue weighted by atomic mass is 10.1. The number of nitrogens with one attached hydrogen (secondary N) is 1. The molecule has 1 aromatic rings. The topological polar surface area (TPSA) is 15.3 Å². The Bertz CT molecular complexity index is 404. The van der Waals surface area contributed by atoms with Gasteiger partial charge in [-0.25, -0.2) is 0 Å². The van der Waals surface area contributed by atoms with E-state index in [1.807, 2.05) is 0 Å². The minimum atomic E-state index is 0.682. The maximum absolute atomic E-state index is 3.46. The van der Waals surface area contributed by atoms with Crippen LogP contribution in [0.1, 0.15) is 38.3 Å². The van der Waals surface area contributed by atoms with Crippen LogP contribution in [-0.4, -0.2) is 41.6 Å². The summed E-state index contributed by atoms with van der Waals surface area (Å²) in [5.74, 6) is 1.27. The Balaban J connectivity index is 1.81. The van der Waals surface area contributed by atoms with E-state index in [0.717, 1.165) is 31.3 Å². The van der Waals surface area contributed by atoms with Crippen LogP contribution in [0.4, 0.5) is 0 Å². The number of hydrogen-bond acceptors (Lipinski definition) is 3. The predicted molar refractivity (Wildman–Crippen MR) is 95.1 cm³/mol. The van der Waals surface area contributed by atoms with Crippen molar-refractivity contribution in [2.75, 3.05) is 25.4 Å². The molecule has 1 heterocycles. The number of hydrogen-bond donors (Lipinski definition) is 1. The van der Waals surface area contributed by atoms with E-state index in [4.69, 9.17) is 0 Å². The third-order valence-electron chi connectivity index (χ3n) is 4.44. The molecule has 0 aromatic heterocycles. The van der Waals surface area contributed by atoms with Crippen molar-refractivity contribution in [1.29, 1.82) is 0 Å². The maximum Gasteiger partial charge on any atom is 0.0237 e. The summed E-state index contributed by atoms with van der Waals surface area (Å²) in [5, 5.41) is 4.22. The molecule has 1 aliphatic heterocycles. The van der Waals surface area contributed by atoms with E-state index in [9.17, 15) is 0 Å². The molecule has 2 unspecified atom stereocenters. The van der Waals surface area contributed by atoms with Gasteiger partial charge in [0.2, 0.25) is 0 Å². The third kappa shape index (κ3) is 5.32. The van der Waals surface area contributed by atoms with E-state index in [1.165, 1.54) is 29.8 Å². The van der Waals surface area contributed by atoms with Gasteiger partial charge in [-0.1, -0.05) is 38.1 Å². The molecule has 0 aliphatic carbocycles. The summed E-state index contributed by atoms with van der Waals surface area (Å²) in [6.45, 7) is 11.5. The van der Waals surface area contributed by atoms with Gasteiger partial charge in [-0.05, 0) is 44.0 Å². The summed E-state index contributed by atoms with van der Waals surface area (Å²) in [5.41, 5.74) is 2.89. The highest BCUT2D eigenvalue weighted by Crippen LogP contribution is 2.25. The second-order valence-electron chi connectivity index (χ2n) is 6.10. The van der Waals surface area contributed by atoms with E-state index >= 15 is 0 Å². The second kappa shape index (κ2) is 8.82. The van der Waals surface area contributed by atoms with Crippen LogP contribution in [0.15, 0.2) is 24.3 Å². The minimum absolute atomic E-state index is 0.682. The monoisotopic (exact) mass is 306 g/mol. The smallest absolute Gasteiger partial charge is 0.0237 e. The lowest BCUT2D eigenvalue weighted by Gasteiger charge is -2.37. The fourth-order valence-electron chi connectivity index (χ4n) is 2.80. The molecule has 1 fully saturated rings. The SMILES string of the molecule is CCCNCCc1ccc(CN2CCSC(C)C2C)cc1. The molecular formula is C18H30N2S. The standard InChI is InChI=1S/C18H30N2S/c1-4-10-19-11-9-17-5-7-18(8-6-17)14-20-12-13-21-16(3)15(20)2/h5-8,15-16,19H,4,9-14H2,1-3H3. The van der Waals surface area contributed by atoms with Gasteiger partial charge in [0.25, 0.3) is 0 Å². The van der Waals surface area contributed by atoms with Crippen LogP contribution < -0.4 is 5.32 Å². The number of thioether (sulfide) groups is 1. The van der Waals surface area contributed by atoms with Gasteiger partial charge in [-0.2, -0.15) is 11.8 Å². The summed E-state index contributed by atoms with van der Waals surface area (Å²) >= 11 is 2.11. The zero-order valence-electron chi connectivity index (χ0n) is 13.8. The predicted octanol–water partition coefficient (Wildman–Crippen LogP) is 3.55. The Morgan fingerprint density at radius 1 is 1.14 bits per heavy atom. The Labute approximate surface area is 134 Å². The van der Waals surface area contributed by atoms with Gasteiger partial charge in [0.15, 0.2) is 0 Å². The highest BCUT2D eigenvalue weighted by Gasteiger charge is 2.24. The van der Waals surface area contributed by atoms with E-state index in [1.54, 1.807) is 0 Å². The zero-order chi connectivity index (χ0) is 15.1. The molecule has 2 atom stereocenters. The van der Waals surface area contributed by atoms with Gasteiger partial charge >= 0.3 is 0 Å². The van der Waals surface area contributed by atoms with E-state index in [2.05, 4.69) is 67.0 Å². The Hall–Kier alpha value is -0.510. The molecule has 1 saturated heterocycles. The van der Waals surface area contributed by atoms with Crippen molar-refractivity contribution < 1.29 is 0 Å². The van der Waals surface area contributed by atoms with Crippen molar-refractivity contribution in [3.8, 4) is 0 Å². The molecule has 21 heavy (non-hydrogen) atoms. The number of benzene rings is 1. The van der Waals surface area contributed by atoms with Gasteiger partial charge in [0.1, 0.15) is 0 Å². The molecule has 0 spiro atoms. The van der Waals surface area contributed by atoms with Gasteiger partial charge in [-0.15, -0.1) is 0 Å². The van der Waals surface area contributed by atoms with Gasteiger partial charge in [0.05, 0.1) is 0 Å². The van der Waals surface area contributed by atoms with Crippen LogP contribution in [0.3, 0.4) is 0 Å². The van der Waals surface area contributed by atoms with Crippen LogP contribution in [-0.2, 0) is 13.0 Å². The largest absolute Gasteiger partial charge is 0.316 e. The van der Waals surface area contributed by atoms with Crippen LogP contribution in [0.25, 0.3) is 0 Å². The molecule has 1 N–H and O–H groups in total. The Morgan fingerprint density at radius 2 is 1.86 bits per heavy atom. The van der Waals surface area contributed by atoms with Crippen molar-refractivity contribution in [3.05, 3.63) is 35.4 Å². The van der Waals surface area contributed by atoms with E-state index in [-0.39, 0.29) is 0 Å². The van der Waals surface area contributed by atoms with Crippen molar-refractivity contribution >= 4 is 11.8 Å². The molecule has 0 bridgehead atoms. The molecule has 1 aliphatic rings. The van der Waals surface area contributed by atoms with Gasteiger partial charge in [-0.3, -0.25) is 4.90 Å². The molecule has 3 heteroatoms. The summed E-state index contributed by atoms with van der Waals surface area (Å²) in [6.07, 6.45) is 2.34. The van der Waals surface area contributed by atoms with Crippen molar-refractivity contribution in [2.24, 2.45) is 0 Å². The molecule has 0 radical (unpaired) electrons. The van der Waals surface area contributed by atoms with Gasteiger partial charge < -0.3 is 5.32 Å². The highest BCUT2D eigenvalue weighted by atomic mass is 32.2. The van der Waals surface area contributed by atoms with E-state index in [0.29, 0.717) is 6.04 Å². The molecule has 0 amide bonds. The fourth-order valence-corrected chi connectivity index (χ4v) is 3.96. The average Bonchev–Trinajstić information content (AvgIpc) is 2.50. The Kier molecular flexibility index (Phi) is 7.08. The third-order valence-corrected chi connectivity index (χ3v) is 5.78. The van der Waals surface area contributed by atoms with E-state index < -0.39 is 0 Å². The van der Waals surface area contributed by atoms with Crippen LogP contribution in [0, 0.1) is 0 Å². The Morgan fingerprint density at radius 3 is 2.57 bits per heavy atom.